The summed E-state index contributed by atoms with van der Waals surface area (Å²) in [6.07, 6.45) is 1.83. The zero-order valence-corrected chi connectivity index (χ0v) is 13.9. The molecule has 3 rings (SSSR count). The van der Waals surface area contributed by atoms with Gasteiger partial charge in [-0.25, -0.2) is 14.6 Å². The molecule has 10 nitrogen and oxygen atoms in total. The average molecular weight is 369 g/mol. The van der Waals surface area contributed by atoms with E-state index in [0.29, 0.717) is 22.4 Å². The molecule has 10 heteroatoms. The molecule has 0 atom stereocenters. The van der Waals surface area contributed by atoms with Gasteiger partial charge in [-0.1, -0.05) is 0 Å². The van der Waals surface area contributed by atoms with Crippen LogP contribution in [-0.2, 0) is 4.79 Å². The monoisotopic (exact) mass is 369 g/mol. The minimum atomic E-state index is -1.07. The molecule has 138 valence electrons. The van der Waals surface area contributed by atoms with Crippen molar-refractivity contribution in [2.45, 2.75) is 0 Å². The number of pyridine rings is 1. The molecule has 2 aromatic heterocycles. The second-order valence-electron chi connectivity index (χ2n) is 5.44. The van der Waals surface area contributed by atoms with E-state index in [9.17, 15) is 14.4 Å². The maximum absolute atomic E-state index is 11.6. The minimum absolute atomic E-state index is 0.215. The molecule has 27 heavy (non-hydrogen) atoms. The Hall–Kier alpha value is -4.08. The summed E-state index contributed by atoms with van der Waals surface area (Å²) in [4.78, 5) is 37.4. The molecule has 0 spiro atoms. The summed E-state index contributed by atoms with van der Waals surface area (Å²) in [6.45, 7) is -0.294. The lowest BCUT2D eigenvalue weighted by Gasteiger charge is -2.09. The van der Waals surface area contributed by atoms with Crippen LogP contribution in [0.2, 0.25) is 0 Å². The normalized spacial score (nSPS) is 10.4. The fourth-order valence-electron chi connectivity index (χ4n) is 2.36. The highest BCUT2D eigenvalue weighted by Gasteiger charge is 2.09. The number of nitrogens with one attached hydrogen (secondary N) is 2. The maximum atomic E-state index is 11.6. The number of primary amides is 1. The van der Waals surface area contributed by atoms with E-state index in [0.717, 1.165) is 4.57 Å². The summed E-state index contributed by atoms with van der Waals surface area (Å²) < 4.78 is 6.84. The van der Waals surface area contributed by atoms with Crippen LogP contribution in [0.5, 0.6) is 11.5 Å². The van der Waals surface area contributed by atoms with Gasteiger partial charge >= 0.3 is 12.1 Å². The smallest absolute Gasteiger partial charge is 0.415 e. The van der Waals surface area contributed by atoms with Crippen molar-refractivity contribution in [3.05, 3.63) is 48.8 Å². The molecular weight excluding hydrogens is 354 g/mol. The first-order chi connectivity index (χ1) is 12.9. The number of nitrogens with zero attached hydrogens (tertiary/aromatic N) is 2. The lowest BCUT2D eigenvalue weighted by molar-refractivity contribution is -0.117. The summed E-state index contributed by atoms with van der Waals surface area (Å²) in [5, 5.41) is 14.5. The van der Waals surface area contributed by atoms with E-state index < -0.39 is 18.0 Å². The third-order valence-electron chi connectivity index (χ3n) is 3.50. The number of anilines is 1. The van der Waals surface area contributed by atoms with Crippen molar-refractivity contribution in [3.63, 3.8) is 0 Å². The van der Waals surface area contributed by atoms with Crippen LogP contribution in [0.25, 0.3) is 10.9 Å². The minimum Gasteiger partial charge on any atom is -0.464 e. The van der Waals surface area contributed by atoms with E-state index in [1.807, 2.05) is 0 Å². The molecule has 0 aliphatic rings. The summed E-state index contributed by atoms with van der Waals surface area (Å²) in [6, 6.07) is 9.09. The highest BCUT2D eigenvalue weighted by molar-refractivity contribution is 5.91. The van der Waals surface area contributed by atoms with Crippen LogP contribution in [0.4, 0.5) is 15.4 Å². The molecule has 0 bridgehead atoms. The molecule has 3 amide bonds. The van der Waals surface area contributed by atoms with Crippen molar-refractivity contribution in [1.29, 1.82) is 0 Å². The second kappa shape index (κ2) is 7.44. The number of carboxylic acid groups (broad SMARTS) is 1. The van der Waals surface area contributed by atoms with E-state index in [1.54, 1.807) is 30.3 Å². The van der Waals surface area contributed by atoms with Gasteiger partial charge in [-0.15, -0.1) is 0 Å². The fourth-order valence-corrected chi connectivity index (χ4v) is 2.36. The molecular formula is C17H15N5O5. The summed E-state index contributed by atoms with van der Waals surface area (Å²) in [5.74, 6) is 0.447. The molecule has 0 aliphatic carbocycles. The number of ether oxygens (including phenoxy) is 1. The third-order valence-corrected chi connectivity index (χ3v) is 3.50. The standard InChI is InChI=1S/C17H15N5O5/c18-14(23)9-20-16(24)21-15-8-12(3-5-19-15)27-11-1-2-13-10(7-11)4-6-22(13)17(25)26/h1-8H,9H2,(H2,18,23)(H,25,26)(H2,19,20,21,24). The first kappa shape index (κ1) is 17.7. The molecule has 3 aromatic rings. The molecule has 0 fully saturated rings. The number of aromatic nitrogens is 2. The number of hydrogen-bond donors (Lipinski definition) is 4. The van der Waals surface area contributed by atoms with Gasteiger partial charge in [-0.05, 0) is 30.3 Å². The van der Waals surface area contributed by atoms with Crippen molar-refractivity contribution in [2.24, 2.45) is 5.73 Å². The Morgan fingerprint density at radius 1 is 1.15 bits per heavy atom. The largest absolute Gasteiger partial charge is 0.464 e. The summed E-state index contributed by atoms with van der Waals surface area (Å²) in [7, 11) is 0. The Kier molecular flexibility index (Phi) is 4.88. The summed E-state index contributed by atoms with van der Waals surface area (Å²) in [5.41, 5.74) is 5.49. The SMILES string of the molecule is NC(=O)CNC(=O)Nc1cc(Oc2ccc3c(ccn3C(=O)O)c2)ccn1. The van der Waals surface area contributed by atoms with Crippen molar-refractivity contribution in [2.75, 3.05) is 11.9 Å². The van der Waals surface area contributed by atoms with Gasteiger partial charge in [0.2, 0.25) is 5.91 Å². The van der Waals surface area contributed by atoms with Gasteiger partial charge in [0.1, 0.15) is 17.3 Å². The van der Waals surface area contributed by atoms with Crippen LogP contribution < -0.4 is 21.1 Å². The van der Waals surface area contributed by atoms with Gasteiger partial charge in [0.25, 0.3) is 0 Å². The van der Waals surface area contributed by atoms with Crippen LogP contribution in [0, 0.1) is 0 Å². The van der Waals surface area contributed by atoms with E-state index in [4.69, 9.17) is 15.6 Å². The highest BCUT2D eigenvalue weighted by Crippen LogP contribution is 2.27. The van der Waals surface area contributed by atoms with Gasteiger partial charge < -0.3 is 20.9 Å². The predicted molar refractivity (Wildman–Crippen MR) is 95.9 cm³/mol. The molecule has 0 unspecified atom stereocenters. The number of hydrogen-bond acceptors (Lipinski definition) is 5. The molecule has 5 N–H and O–H groups in total. The third kappa shape index (κ3) is 4.31. The zero-order valence-electron chi connectivity index (χ0n) is 13.9. The number of amides is 3. The molecule has 0 saturated carbocycles. The molecule has 2 heterocycles. The molecule has 0 radical (unpaired) electrons. The fraction of sp³-hybridized carbons (Fsp3) is 0.0588. The highest BCUT2D eigenvalue weighted by atomic mass is 16.5. The van der Waals surface area contributed by atoms with Gasteiger partial charge in [0, 0.05) is 23.8 Å². The Morgan fingerprint density at radius 2 is 1.93 bits per heavy atom. The summed E-state index contributed by atoms with van der Waals surface area (Å²) >= 11 is 0. The van der Waals surface area contributed by atoms with Crippen LogP contribution in [0.3, 0.4) is 0 Å². The van der Waals surface area contributed by atoms with E-state index >= 15 is 0 Å². The van der Waals surface area contributed by atoms with E-state index in [-0.39, 0.29) is 12.4 Å². The Labute approximate surface area is 152 Å². The van der Waals surface area contributed by atoms with Crippen molar-refractivity contribution in [3.8, 4) is 11.5 Å². The number of carbonyl (C=O) groups is 3. The Balaban J connectivity index is 1.72. The lowest BCUT2D eigenvalue weighted by atomic mass is 10.2. The number of fused-ring (bicyclic) bond motifs is 1. The molecule has 0 aliphatic heterocycles. The van der Waals surface area contributed by atoms with Crippen molar-refractivity contribution >= 4 is 34.8 Å². The molecule has 1 aromatic carbocycles. The topological polar surface area (TPSA) is 149 Å². The van der Waals surface area contributed by atoms with Crippen LogP contribution in [0.15, 0.2) is 48.8 Å². The Bertz CT molecular complexity index is 1030. The predicted octanol–water partition coefficient (Wildman–Crippen LogP) is 1.96. The number of benzene rings is 1. The van der Waals surface area contributed by atoms with Crippen molar-refractivity contribution in [1.82, 2.24) is 14.9 Å². The van der Waals surface area contributed by atoms with Gasteiger partial charge in [-0.3, -0.25) is 14.7 Å². The number of nitrogens with two attached hydrogens (primary N) is 1. The first-order valence-electron chi connectivity index (χ1n) is 7.74. The van der Waals surface area contributed by atoms with Gasteiger partial charge in [-0.2, -0.15) is 0 Å². The zero-order chi connectivity index (χ0) is 19.4. The van der Waals surface area contributed by atoms with Gasteiger partial charge in [0.15, 0.2) is 0 Å². The maximum Gasteiger partial charge on any atom is 0.415 e. The first-order valence-corrected chi connectivity index (χ1v) is 7.74. The van der Waals surface area contributed by atoms with Crippen LogP contribution in [0.1, 0.15) is 0 Å². The number of urea groups is 1. The van der Waals surface area contributed by atoms with E-state index in [1.165, 1.54) is 18.5 Å². The number of carbonyl (C=O) groups excluding carboxylic acids is 2. The average Bonchev–Trinajstić information content (AvgIpc) is 3.04. The quantitative estimate of drug-likeness (QED) is 0.540. The van der Waals surface area contributed by atoms with E-state index in [2.05, 4.69) is 15.6 Å². The van der Waals surface area contributed by atoms with Gasteiger partial charge in [0.05, 0.1) is 12.1 Å². The lowest BCUT2D eigenvalue weighted by Crippen LogP contribution is -2.36. The van der Waals surface area contributed by atoms with Crippen LogP contribution in [-0.4, -0.2) is 39.2 Å². The van der Waals surface area contributed by atoms with Crippen molar-refractivity contribution < 1.29 is 24.2 Å². The Morgan fingerprint density at radius 3 is 2.67 bits per heavy atom. The second-order valence-corrected chi connectivity index (χ2v) is 5.44. The number of rotatable bonds is 5. The van der Waals surface area contributed by atoms with Crippen LogP contribution >= 0.6 is 0 Å². The molecule has 0 saturated heterocycles.